The topological polar surface area (TPSA) is 55.8 Å². The number of hydrogen-bond acceptors (Lipinski definition) is 4. The molecule has 174 valence electrons. The number of aliphatic carboxylic acids is 1. The highest BCUT2D eigenvalue weighted by Crippen LogP contribution is 2.42. The molecule has 1 atom stereocenters. The summed E-state index contributed by atoms with van der Waals surface area (Å²) in [4.78, 5) is 11.7. The number of aryl methyl sites for hydroxylation is 1. The summed E-state index contributed by atoms with van der Waals surface area (Å²) in [6, 6.07) is 16.4. The predicted octanol–water partition coefficient (Wildman–Crippen LogP) is 7.01. The number of benzene rings is 3. The first-order chi connectivity index (χ1) is 15.6. The quantitative estimate of drug-likeness (QED) is 0.355. The smallest absolute Gasteiger partial charge is 0.416 e. The molecule has 0 aliphatic rings. The van der Waals surface area contributed by atoms with Crippen LogP contribution in [0.4, 0.5) is 13.2 Å². The second kappa shape index (κ2) is 10.2. The Morgan fingerprint density at radius 3 is 2.09 bits per heavy atom. The fraction of sp³-hybridized carbons (Fsp3) is 0.240. The van der Waals surface area contributed by atoms with Gasteiger partial charge in [0.1, 0.15) is 11.5 Å². The standard InChI is InChI=1S/C25H23F3O4S/c1-15-12-23(22(31-3)13-21(15)32-14-24(29)30)33-16(2)17-4-6-18(7-5-17)19-8-10-20(11-9-19)25(26,27)28/h4-13,16H,14H2,1-3H3,(H,29,30). The fourth-order valence-corrected chi connectivity index (χ4v) is 4.42. The van der Waals surface area contributed by atoms with Crippen molar-refractivity contribution in [3.63, 3.8) is 0 Å². The van der Waals surface area contributed by atoms with E-state index in [1.165, 1.54) is 12.1 Å². The van der Waals surface area contributed by atoms with Gasteiger partial charge >= 0.3 is 12.1 Å². The molecule has 8 heteroatoms. The SMILES string of the molecule is COc1cc(OCC(=O)O)c(C)cc1SC(C)c1ccc(-c2ccc(C(F)(F)F)cc2)cc1. The van der Waals surface area contributed by atoms with Gasteiger partial charge in [0.2, 0.25) is 0 Å². The molecule has 3 rings (SSSR count). The minimum Gasteiger partial charge on any atom is -0.495 e. The number of carboxylic acids is 1. The Morgan fingerprint density at radius 1 is 1.00 bits per heavy atom. The normalized spacial score (nSPS) is 12.3. The monoisotopic (exact) mass is 476 g/mol. The third-order valence-corrected chi connectivity index (χ3v) is 6.24. The van der Waals surface area contributed by atoms with Crippen LogP contribution in [-0.4, -0.2) is 24.8 Å². The first kappa shape index (κ1) is 24.5. The van der Waals surface area contributed by atoms with Crippen molar-refractivity contribution >= 4 is 17.7 Å². The zero-order chi connectivity index (χ0) is 24.2. The number of ether oxygens (including phenoxy) is 2. The van der Waals surface area contributed by atoms with E-state index in [1.54, 1.807) is 24.9 Å². The van der Waals surface area contributed by atoms with Crippen LogP contribution in [0.3, 0.4) is 0 Å². The van der Waals surface area contributed by atoms with Crippen LogP contribution in [0, 0.1) is 6.92 Å². The first-order valence-electron chi connectivity index (χ1n) is 10.1. The van der Waals surface area contributed by atoms with Crippen molar-refractivity contribution in [1.29, 1.82) is 0 Å². The molecule has 0 aliphatic heterocycles. The van der Waals surface area contributed by atoms with Crippen LogP contribution < -0.4 is 9.47 Å². The number of alkyl halides is 3. The molecule has 0 bridgehead atoms. The molecule has 0 saturated carbocycles. The van der Waals surface area contributed by atoms with E-state index in [4.69, 9.17) is 14.6 Å². The maximum atomic E-state index is 12.8. The maximum Gasteiger partial charge on any atom is 0.416 e. The Balaban J connectivity index is 1.75. The lowest BCUT2D eigenvalue weighted by atomic mass is 10.0. The first-order valence-corrected chi connectivity index (χ1v) is 10.9. The van der Waals surface area contributed by atoms with Crippen molar-refractivity contribution in [2.45, 2.75) is 30.2 Å². The van der Waals surface area contributed by atoms with E-state index in [-0.39, 0.29) is 5.25 Å². The molecule has 1 unspecified atom stereocenters. The van der Waals surface area contributed by atoms with E-state index < -0.39 is 24.3 Å². The Morgan fingerprint density at radius 2 is 1.58 bits per heavy atom. The average molecular weight is 477 g/mol. The summed E-state index contributed by atoms with van der Waals surface area (Å²) in [5, 5.41) is 8.88. The zero-order valence-electron chi connectivity index (χ0n) is 18.3. The van der Waals surface area contributed by atoms with Crippen LogP contribution in [0.15, 0.2) is 65.6 Å². The van der Waals surface area contributed by atoms with E-state index in [9.17, 15) is 18.0 Å². The molecule has 0 aromatic heterocycles. The second-order valence-electron chi connectivity index (χ2n) is 7.41. The molecule has 0 spiro atoms. The number of carboxylic acid groups (broad SMARTS) is 1. The Hall–Kier alpha value is -3.13. The van der Waals surface area contributed by atoms with Crippen molar-refractivity contribution in [3.8, 4) is 22.6 Å². The van der Waals surface area contributed by atoms with Gasteiger partial charge in [0.05, 0.1) is 17.6 Å². The summed E-state index contributed by atoms with van der Waals surface area (Å²) in [5.74, 6) is -0.0217. The number of carbonyl (C=O) groups is 1. The molecule has 0 amide bonds. The van der Waals surface area contributed by atoms with Crippen molar-refractivity contribution in [2.75, 3.05) is 13.7 Å². The molecule has 0 aliphatic carbocycles. The van der Waals surface area contributed by atoms with Crippen LogP contribution in [0.1, 0.15) is 28.9 Å². The molecule has 0 saturated heterocycles. The lowest BCUT2D eigenvalue weighted by Crippen LogP contribution is -2.10. The highest BCUT2D eigenvalue weighted by Gasteiger charge is 2.30. The summed E-state index contributed by atoms with van der Waals surface area (Å²) >= 11 is 1.58. The summed E-state index contributed by atoms with van der Waals surface area (Å²) in [6.45, 7) is 3.45. The van der Waals surface area contributed by atoms with Crippen molar-refractivity contribution < 1.29 is 32.5 Å². The second-order valence-corrected chi connectivity index (χ2v) is 8.79. The average Bonchev–Trinajstić information content (AvgIpc) is 2.78. The largest absolute Gasteiger partial charge is 0.495 e. The van der Waals surface area contributed by atoms with Gasteiger partial charge in [-0.05, 0) is 54.3 Å². The van der Waals surface area contributed by atoms with Gasteiger partial charge in [-0.2, -0.15) is 13.2 Å². The molecule has 1 N–H and O–H groups in total. The Kier molecular flexibility index (Phi) is 7.58. The van der Waals surface area contributed by atoms with Gasteiger partial charge in [-0.1, -0.05) is 36.4 Å². The third-order valence-electron chi connectivity index (χ3n) is 5.04. The molecule has 4 nitrogen and oxygen atoms in total. The van der Waals surface area contributed by atoms with Gasteiger partial charge in [0, 0.05) is 11.3 Å². The Labute approximate surface area is 194 Å². The van der Waals surface area contributed by atoms with E-state index in [0.29, 0.717) is 17.1 Å². The Bertz CT molecular complexity index is 1110. The molecule has 33 heavy (non-hydrogen) atoms. The summed E-state index contributed by atoms with van der Waals surface area (Å²) in [5.41, 5.74) is 2.71. The number of thioether (sulfide) groups is 1. The summed E-state index contributed by atoms with van der Waals surface area (Å²) in [7, 11) is 1.54. The van der Waals surface area contributed by atoms with E-state index in [1.807, 2.05) is 44.2 Å². The van der Waals surface area contributed by atoms with Gasteiger partial charge in [0.15, 0.2) is 6.61 Å². The van der Waals surface area contributed by atoms with Crippen molar-refractivity contribution in [1.82, 2.24) is 0 Å². The van der Waals surface area contributed by atoms with Crippen molar-refractivity contribution in [2.24, 2.45) is 0 Å². The van der Waals surface area contributed by atoms with Gasteiger partial charge in [-0.25, -0.2) is 4.79 Å². The highest BCUT2D eigenvalue weighted by molar-refractivity contribution is 7.99. The number of rotatable bonds is 8. The van der Waals surface area contributed by atoms with Crippen LogP contribution in [0.5, 0.6) is 11.5 Å². The van der Waals surface area contributed by atoms with Crippen LogP contribution in [-0.2, 0) is 11.0 Å². The number of hydrogen-bond donors (Lipinski definition) is 1. The van der Waals surface area contributed by atoms with Gasteiger partial charge < -0.3 is 14.6 Å². The molecule has 0 heterocycles. The predicted molar refractivity (Wildman–Crippen MR) is 122 cm³/mol. The maximum absolute atomic E-state index is 12.8. The zero-order valence-corrected chi connectivity index (χ0v) is 19.1. The lowest BCUT2D eigenvalue weighted by molar-refractivity contribution is -0.139. The molecule has 3 aromatic rings. The molecular weight excluding hydrogens is 453 g/mol. The van der Waals surface area contributed by atoms with E-state index in [0.717, 1.165) is 33.7 Å². The van der Waals surface area contributed by atoms with Crippen LogP contribution in [0.25, 0.3) is 11.1 Å². The van der Waals surface area contributed by atoms with E-state index >= 15 is 0 Å². The van der Waals surface area contributed by atoms with Gasteiger partial charge in [-0.3, -0.25) is 0 Å². The van der Waals surface area contributed by atoms with Gasteiger partial charge in [-0.15, -0.1) is 11.8 Å². The molecular formula is C25H23F3O4S. The molecule has 0 radical (unpaired) electrons. The fourth-order valence-electron chi connectivity index (χ4n) is 3.25. The lowest BCUT2D eigenvalue weighted by Gasteiger charge is -2.17. The van der Waals surface area contributed by atoms with E-state index in [2.05, 4.69) is 0 Å². The molecule has 3 aromatic carbocycles. The summed E-state index contributed by atoms with van der Waals surface area (Å²) < 4.78 is 49.1. The third kappa shape index (κ3) is 6.22. The minimum atomic E-state index is -4.35. The number of halogens is 3. The molecule has 0 fully saturated rings. The van der Waals surface area contributed by atoms with Crippen LogP contribution in [0.2, 0.25) is 0 Å². The van der Waals surface area contributed by atoms with Gasteiger partial charge in [0.25, 0.3) is 0 Å². The van der Waals surface area contributed by atoms with Crippen molar-refractivity contribution in [3.05, 3.63) is 77.4 Å². The highest BCUT2D eigenvalue weighted by atomic mass is 32.2. The summed E-state index contributed by atoms with van der Waals surface area (Å²) in [6.07, 6.45) is -4.35. The minimum absolute atomic E-state index is 0.0609. The van der Waals surface area contributed by atoms with Crippen LogP contribution >= 0.6 is 11.8 Å². The number of methoxy groups -OCH3 is 1.